The van der Waals surface area contributed by atoms with E-state index in [2.05, 4.69) is 16.0 Å². The van der Waals surface area contributed by atoms with Crippen LogP contribution in [0.15, 0.2) is 36.4 Å². The summed E-state index contributed by atoms with van der Waals surface area (Å²) < 4.78 is 10.8. The van der Waals surface area contributed by atoms with Crippen molar-refractivity contribution >= 4 is 34.8 Å². The lowest BCUT2D eigenvalue weighted by Crippen LogP contribution is -2.25. The van der Waals surface area contributed by atoms with Crippen LogP contribution in [0, 0.1) is 0 Å². The van der Waals surface area contributed by atoms with Crippen molar-refractivity contribution in [2.75, 3.05) is 29.2 Å². The van der Waals surface area contributed by atoms with Gasteiger partial charge >= 0.3 is 0 Å². The zero-order chi connectivity index (χ0) is 18.8. The molecule has 0 unspecified atom stereocenters. The monoisotopic (exact) mass is 367 g/mol. The van der Waals surface area contributed by atoms with Crippen molar-refractivity contribution in [1.29, 1.82) is 0 Å². The Labute approximate surface area is 154 Å². The minimum Gasteiger partial charge on any atom is -0.484 e. The van der Waals surface area contributed by atoms with Crippen LogP contribution in [0.25, 0.3) is 0 Å². The van der Waals surface area contributed by atoms with Gasteiger partial charge in [-0.3, -0.25) is 14.4 Å². The molecule has 2 aliphatic heterocycles. The number of ether oxygens (including phenoxy) is 2. The molecule has 0 radical (unpaired) electrons. The van der Waals surface area contributed by atoms with Gasteiger partial charge in [-0.1, -0.05) is 0 Å². The smallest absolute Gasteiger partial charge is 0.262 e. The Morgan fingerprint density at radius 1 is 1.04 bits per heavy atom. The van der Waals surface area contributed by atoms with E-state index in [1.165, 1.54) is 0 Å². The van der Waals surface area contributed by atoms with Gasteiger partial charge in [-0.15, -0.1) is 0 Å². The summed E-state index contributed by atoms with van der Waals surface area (Å²) in [7, 11) is 0. The summed E-state index contributed by atoms with van der Waals surface area (Å²) in [5.74, 6) is 0.556. The number of hydrogen-bond acceptors (Lipinski definition) is 5. The highest BCUT2D eigenvalue weighted by atomic mass is 16.5. The van der Waals surface area contributed by atoms with Crippen molar-refractivity contribution in [2.24, 2.45) is 0 Å². The molecule has 0 aromatic heterocycles. The topological polar surface area (TPSA) is 106 Å². The normalized spacial score (nSPS) is 14.8. The second kappa shape index (κ2) is 6.99. The standard InChI is InChI=1S/C19H17N3O5/c23-17-6-1-11-7-13(3-4-14(11)21-17)26-9-18(24)20-12-2-5-16-15(8-12)22-19(25)10-27-16/h2-5,7-8H,1,6,9-10H2,(H,20,24)(H,21,23)(H,22,25). The zero-order valence-electron chi connectivity index (χ0n) is 14.3. The van der Waals surface area contributed by atoms with Crippen molar-refractivity contribution in [2.45, 2.75) is 12.8 Å². The number of hydrogen-bond donors (Lipinski definition) is 3. The van der Waals surface area contributed by atoms with E-state index in [-0.39, 0.29) is 30.9 Å². The molecule has 0 saturated carbocycles. The first-order chi connectivity index (χ1) is 13.1. The third-order valence-corrected chi connectivity index (χ3v) is 4.24. The average Bonchev–Trinajstić information content (AvgIpc) is 2.66. The van der Waals surface area contributed by atoms with Crippen LogP contribution < -0.4 is 25.4 Å². The van der Waals surface area contributed by atoms with Crippen LogP contribution in [0.2, 0.25) is 0 Å². The number of anilines is 3. The van der Waals surface area contributed by atoms with Gasteiger partial charge in [0.1, 0.15) is 11.5 Å². The van der Waals surface area contributed by atoms with Gasteiger partial charge < -0.3 is 25.4 Å². The number of rotatable bonds is 4. The Hall–Kier alpha value is -3.55. The molecule has 138 valence electrons. The molecule has 2 aliphatic rings. The number of fused-ring (bicyclic) bond motifs is 2. The van der Waals surface area contributed by atoms with E-state index < -0.39 is 0 Å². The van der Waals surface area contributed by atoms with Crippen LogP contribution in [-0.4, -0.2) is 30.9 Å². The lowest BCUT2D eigenvalue weighted by molar-refractivity contribution is -0.119. The molecule has 0 spiro atoms. The van der Waals surface area contributed by atoms with Crippen LogP contribution in [0.1, 0.15) is 12.0 Å². The summed E-state index contributed by atoms with van der Waals surface area (Å²) in [5.41, 5.74) is 2.81. The quantitative estimate of drug-likeness (QED) is 0.766. The molecule has 3 N–H and O–H groups in total. The summed E-state index contributed by atoms with van der Waals surface area (Å²) in [6.07, 6.45) is 1.09. The van der Waals surface area contributed by atoms with Gasteiger partial charge in [0.2, 0.25) is 5.91 Å². The van der Waals surface area contributed by atoms with E-state index in [4.69, 9.17) is 9.47 Å². The van der Waals surface area contributed by atoms with Crippen molar-refractivity contribution in [3.8, 4) is 11.5 Å². The SMILES string of the molecule is O=C(COc1ccc2c(c1)CCC(=O)N2)Nc1ccc2c(c1)NC(=O)CO2. The number of amides is 3. The van der Waals surface area contributed by atoms with Gasteiger partial charge in [-0.25, -0.2) is 0 Å². The van der Waals surface area contributed by atoms with E-state index in [0.29, 0.717) is 35.7 Å². The molecule has 2 heterocycles. The molecule has 0 fully saturated rings. The van der Waals surface area contributed by atoms with Crippen molar-refractivity contribution < 1.29 is 23.9 Å². The molecule has 0 saturated heterocycles. The molecule has 0 aliphatic carbocycles. The fourth-order valence-electron chi connectivity index (χ4n) is 2.96. The number of nitrogens with one attached hydrogen (secondary N) is 3. The third kappa shape index (κ3) is 3.84. The second-order valence-electron chi connectivity index (χ2n) is 6.25. The average molecular weight is 367 g/mol. The van der Waals surface area contributed by atoms with Crippen LogP contribution in [0.5, 0.6) is 11.5 Å². The molecule has 2 aromatic carbocycles. The molecule has 0 bridgehead atoms. The highest BCUT2D eigenvalue weighted by Crippen LogP contribution is 2.30. The maximum absolute atomic E-state index is 12.1. The van der Waals surface area contributed by atoms with Gasteiger partial charge in [0, 0.05) is 17.8 Å². The van der Waals surface area contributed by atoms with E-state index in [1.54, 1.807) is 30.3 Å². The minimum absolute atomic E-state index is 0.00202. The summed E-state index contributed by atoms with van der Waals surface area (Å²) in [5, 5.41) is 8.20. The minimum atomic E-state index is -0.330. The Balaban J connectivity index is 1.36. The Morgan fingerprint density at radius 2 is 1.89 bits per heavy atom. The molecule has 0 atom stereocenters. The molecule has 8 nitrogen and oxygen atoms in total. The number of aryl methyl sites for hydroxylation is 1. The predicted molar refractivity (Wildman–Crippen MR) is 98.1 cm³/mol. The van der Waals surface area contributed by atoms with Crippen molar-refractivity contribution in [1.82, 2.24) is 0 Å². The van der Waals surface area contributed by atoms with Crippen molar-refractivity contribution in [3.05, 3.63) is 42.0 Å². The first-order valence-corrected chi connectivity index (χ1v) is 8.49. The van der Waals surface area contributed by atoms with E-state index >= 15 is 0 Å². The van der Waals surface area contributed by atoms with Gasteiger partial charge in [0.05, 0.1) is 5.69 Å². The Morgan fingerprint density at radius 3 is 2.78 bits per heavy atom. The van der Waals surface area contributed by atoms with Crippen molar-refractivity contribution in [3.63, 3.8) is 0 Å². The Kier molecular flexibility index (Phi) is 4.37. The first kappa shape index (κ1) is 16.9. The molecule has 8 heteroatoms. The molecule has 4 rings (SSSR count). The lowest BCUT2D eigenvalue weighted by atomic mass is 10.0. The van der Waals surface area contributed by atoms with Crippen LogP contribution >= 0.6 is 0 Å². The molecular weight excluding hydrogens is 350 g/mol. The van der Waals surface area contributed by atoms with Crippen LogP contribution in [0.3, 0.4) is 0 Å². The maximum Gasteiger partial charge on any atom is 0.262 e. The molecule has 2 aromatic rings. The number of carbonyl (C=O) groups excluding carboxylic acids is 3. The van der Waals surface area contributed by atoms with Crippen LogP contribution in [0.4, 0.5) is 17.1 Å². The third-order valence-electron chi connectivity index (χ3n) is 4.24. The Bertz CT molecular complexity index is 941. The van der Waals surface area contributed by atoms with Gasteiger partial charge in [-0.05, 0) is 48.4 Å². The fourth-order valence-corrected chi connectivity index (χ4v) is 2.96. The summed E-state index contributed by atoms with van der Waals surface area (Å²) in [4.78, 5) is 34.9. The molecule has 27 heavy (non-hydrogen) atoms. The summed E-state index contributed by atoms with van der Waals surface area (Å²) >= 11 is 0. The summed E-state index contributed by atoms with van der Waals surface area (Å²) in [6, 6.07) is 10.3. The van der Waals surface area contributed by atoms with Gasteiger partial charge in [0.15, 0.2) is 13.2 Å². The highest BCUT2D eigenvalue weighted by Gasteiger charge is 2.17. The maximum atomic E-state index is 12.1. The summed E-state index contributed by atoms with van der Waals surface area (Å²) in [6.45, 7) is -0.178. The van der Waals surface area contributed by atoms with Crippen LogP contribution in [-0.2, 0) is 20.8 Å². The lowest BCUT2D eigenvalue weighted by Gasteiger charge is -2.19. The zero-order valence-corrected chi connectivity index (χ0v) is 14.3. The van der Waals surface area contributed by atoms with E-state index in [9.17, 15) is 14.4 Å². The largest absolute Gasteiger partial charge is 0.484 e. The first-order valence-electron chi connectivity index (χ1n) is 8.49. The second-order valence-corrected chi connectivity index (χ2v) is 6.25. The fraction of sp³-hybridized carbons (Fsp3) is 0.211. The molecule has 3 amide bonds. The van der Waals surface area contributed by atoms with E-state index in [0.717, 1.165) is 11.3 Å². The highest BCUT2D eigenvalue weighted by molar-refractivity contribution is 5.98. The van der Waals surface area contributed by atoms with Gasteiger partial charge in [-0.2, -0.15) is 0 Å². The van der Waals surface area contributed by atoms with E-state index in [1.807, 2.05) is 6.07 Å². The number of carbonyl (C=O) groups is 3. The molecular formula is C19H17N3O5. The van der Waals surface area contributed by atoms with Gasteiger partial charge in [0.25, 0.3) is 11.8 Å². The number of benzene rings is 2. The predicted octanol–water partition coefficient (Wildman–Crippen LogP) is 1.92.